The number of aromatic nitrogens is 2. The molecular formula is C17H16FN3O3. The van der Waals surface area contributed by atoms with Crippen LogP contribution >= 0.6 is 0 Å². The van der Waals surface area contributed by atoms with Crippen molar-refractivity contribution >= 4 is 17.0 Å². The Labute approximate surface area is 137 Å². The summed E-state index contributed by atoms with van der Waals surface area (Å²) in [7, 11) is 0. The van der Waals surface area contributed by atoms with Crippen LogP contribution in [0.4, 0.5) is 4.39 Å². The van der Waals surface area contributed by atoms with Crippen molar-refractivity contribution in [2.45, 2.75) is 19.9 Å². The molecule has 3 aromatic rings. The predicted octanol–water partition coefficient (Wildman–Crippen LogP) is 2.45. The molecule has 0 aliphatic rings. The van der Waals surface area contributed by atoms with Crippen molar-refractivity contribution in [3.8, 4) is 11.3 Å². The van der Waals surface area contributed by atoms with Crippen molar-refractivity contribution in [1.29, 1.82) is 0 Å². The summed E-state index contributed by atoms with van der Waals surface area (Å²) >= 11 is 0. The van der Waals surface area contributed by atoms with E-state index >= 15 is 0 Å². The zero-order chi connectivity index (χ0) is 17.3. The maximum Gasteiger partial charge on any atom is 0.259 e. The molecule has 7 heteroatoms. The summed E-state index contributed by atoms with van der Waals surface area (Å²) in [6.07, 6.45) is 0. The maximum absolute atomic E-state index is 13.1. The number of fused-ring (bicyclic) bond motifs is 1. The van der Waals surface area contributed by atoms with Crippen molar-refractivity contribution in [1.82, 2.24) is 15.5 Å². The van der Waals surface area contributed by atoms with Crippen molar-refractivity contribution in [2.24, 2.45) is 0 Å². The number of carbonyl (C=O) groups excluding carboxylic acids is 1. The van der Waals surface area contributed by atoms with E-state index in [-0.39, 0.29) is 24.0 Å². The number of amides is 1. The molecule has 2 heterocycles. The van der Waals surface area contributed by atoms with E-state index in [1.54, 1.807) is 32.0 Å². The molecule has 0 radical (unpaired) electrons. The lowest BCUT2D eigenvalue weighted by molar-refractivity contribution is 0.0924. The number of aliphatic hydroxyl groups excluding tert-OH is 1. The van der Waals surface area contributed by atoms with Crippen LogP contribution in [-0.4, -0.2) is 33.8 Å². The molecule has 124 valence electrons. The van der Waals surface area contributed by atoms with Crippen molar-refractivity contribution < 1.29 is 18.8 Å². The molecule has 0 bridgehead atoms. The highest BCUT2D eigenvalue weighted by Gasteiger charge is 2.20. The quantitative estimate of drug-likeness (QED) is 0.767. The van der Waals surface area contributed by atoms with Crippen molar-refractivity contribution in [2.75, 3.05) is 6.61 Å². The molecule has 3 rings (SSSR count). The highest BCUT2D eigenvalue weighted by Crippen LogP contribution is 2.27. The van der Waals surface area contributed by atoms with E-state index in [1.807, 2.05) is 0 Å². The average Bonchev–Trinajstić information content (AvgIpc) is 2.95. The first-order chi connectivity index (χ1) is 11.5. The monoisotopic (exact) mass is 329 g/mol. The van der Waals surface area contributed by atoms with E-state index in [0.29, 0.717) is 27.9 Å². The molecule has 2 N–H and O–H groups in total. The van der Waals surface area contributed by atoms with Gasteiger partial charge in [0.25, 0.3) is 11.6 Å². The van der Waals surface area contributed by atoms with Gasteiger partial charge in [0.05, 0.1) is 28.9 Å². The van der Waals surface area contributed by atoms with Gasteiger partial charge in [-0.15, -0.1) is 0 Å². The summed E-state index contributed by atoms with van der Waals surface area (Å²) in [5.74, 6) is -0.719. The van der Waals surface area contributed by atoms with Crippen LogP contribution in [0, 0.1) is 12.7 Å². The molecule has 0 aliphatic carbocycles. The third-order valence-electron chi connectivity index (χ3n) is 3.65. The van der Waals surface area contributed by atoms with Crippen molar-refractivity contribution in [3.63, 3.8) is 0 Å². The Bertz CT molecular complexity index is 890. The number of aliphatic hydroxyl groups is 1. The lowest BCUT2D eigenvalue weighted by atomic mass is 10.0. The second-order valence-corrected chi connectivity index (χ2v) is 5.57. The van der Waals surface area contributed by atoms with Gasteiger partial charge in [0, 0.05) is 11.6 Å². The maximum atomic E-state index is 13.1. The SMILES string of the molecule is Cc1noc2nc(-c3ccc(F)cc3)cc(C(=O)NC(C)CO)c12. The first kappa shape index (κ1) is 16.1. The standard InChI is InChI=1S/C17H16FN3O3/c1-9(8-22)19-16(23)13-7-14(11-3-5-12(18)6-4-11)20-17-15(13)10(2)21-24-17/h3-7,9,22H,8H2,1-2H3,(H,19,23). The number of nitrogens with one attached hydrogen (secondary N) is 1. The van der Waals surface area contributed by atoms with Gasteiger partial charge in [-0.3, -0.25) is 4.79 Å². The summed E-state index contributed by atoms with van der Waals surface area (Å²) < 4.78 is 18.3. The van der Waals surface area contributed by atoms with E-state index in [1.165, 1.54) is 12.1 Å². The Hall–Kier alpha value is -2.80. The molecule has 0 spiro atoms. The third-order valence-corrected chi connectivity index (χ3v) is 3.65. The summed E-state index contributed by atoms with van der Waals surface area (Å²) in [5, 5.41) is 16.2. The minimum absolute atomic E-state index is 0.173. The Morgan fingerprint density at radius 2 is 2.08 bits per heavy atom. The normalized spacial score (nSPS) is 12.3. The highest BCUT2D eigenvalue weighted by atomic mass is 19.1. The van der Waals surface area contributed by atoms with Crippen LogP contribution in [0.1, 0.15) is 23.0 Å². The van der Waals surface area contributed by atoms with Gasteiger partial charge < -0.3 is 14.9 Å². The molecule has 2 aromatic heterocycles. The summed E-state index contributed by atoms with van der Waals surface area (Å²) in [4.78, 5) is 16.9. The van der Waals surface area contributed by atoms with Gasteiger partial charge in [-0.05, 0) is 44.2 Å². The molecule has 0 saturated heterocycles. The van der Waals surface area contributed by atoms with Crippen LogP contribution in [0.3, 0.4) is 0 Å². The van der Waals surface area contributed by atoms with E-state index in [2.05, 4.69) is 15.5 Å². The Morgan fingerprint density at radius 3 is 2.75 bits per heavy atom. The van der Waals surface area contributed by atoms with E-state index in [9.17, 15) is 9.18 Å². The molecule has 6 nitrogen and oxygen atoms in total. The summed E-state index contributed by atoms with van der Waals surface area (Å²) in [6.45, 7) is 3.24. The number of pyridine rings is 1. The Morgan fingerprint density at radius 1 is 1.38 bits per heavy atom. The first-order valence-corrected chi connectivity index (χ1v) is 7.44. The molecule has 0 aliphatic heterocycles. The number of benzene rings is 1. The van der Waals surface area contributed by atoms with Crippen LogP contribution in [0.15, 0.2) is 34.9 Å². The summed E-state index contributed by atoms with van der Waals surface area (Å²) in [6, 6.07) is 7.01. The van der Waals surface area contributed by atoms with Gasteiger partial charge >= 0.3 is 0 Å². The second kappa shape index (κ2) is 6.37. The van der Waals surface area contributed by atoms with Crippen LogP contribution in [0.25, 0.3) is 22.4 Å². The molecular weight excluding hydrogens is 313 g/mol. The molecule has 0 saturated carbocycles. The smallest absolute Gasteiger partial charge is 0.259 e. The fourth-order valence-corrected chi connectivity index (χ4v) is 2.39. The van der Waals surface area contributed by atoms with Gasteiger partial charge in [0.1, 0.15) is 5.82 Å². The van der Waals surface area contributed by atoms with Crippen molar-refractivity contribution in [3.05, 3.63) is 47.4 Å². The van der Waals surface area contributed by atoms with E-state index in [0.717, 1.165) is 0 Å². The summed E-state index contributed by atoms with van der Waals surface area (Å²) in [5.41, 5.74) is 2.25. The molecule has 0 fully saturated rings. The average molecular weight is 329 g/mol. The largest absolute Gasteiger partial charge is 0.394 e. The molecule has 1 atom stereocenters. The Kier molecular flexibility index (Phi) is 4.26. The highest BCUT2D eigenvalue weighted by molar-refractivity contribution is 6.07. The zero-order valence-corrected chi connectivity index (χ0v) is 13.2. The van der Waals surface area contributed by atoms with Crippen LogP contribution in [-0.2, 0) is 0 Å². The van der Waals surface area contributed by atoms with E-state index < -0.39 is 6.04 Å². The second-order valence-electron chi connectivity index (χ2n) is 5.57. The lowest BCUT2D eigenvalue weighted by Gasteiger charge is -2.12. The first-order valence-electron chi connectivity index (χ1n) is 7.44. The number of hydrogen-bond donors (Lipinski definition) is 2. The van der Waals surface area contributed by atoms with Crippen LogP contribution in [0.5, 0.6) is 0 Å². The van der Waals surface area contributed by atoms with Crippen LogP contribution < -0.4 is 5.32 Å². The lowest BCUT2D eigenvalue weighted by Crippen LogP contribution is -2.35. The topological polar surface area (TPSA) is 88.2 Å². The fraction of sp³-hybridized carbons (Fsp3) is 0.235. The minimum atomic E-state index is -0.393. The number of carbonyl (C=O) groups is 1. The molecule has 1 amide bonds. The molecule has 1 unspecified atom stereocenters. The van der Waals surface area contributed by atoms with Gasteiger partial charge in [0.15, 0.2) is 0 Å². The number of nitrogens with zero attached hydrogens (tertiary/aromatic N) is 2. The fourth-order valence-electron chi connectivity index (χ4n) is 2.39. The Balaban J connectivity index is 2.13. The predicted molar refractivity (Wildman–Crippen MR) is 85.9 cm³/mol. The third kappa shape index (κ3) is 2.98. The van der Waals surface area contributed by atoms with Gasteiger partial charge in [-0.25, -0.2) is 9.37 Å². The van der Waals surface area contributed by atoms with Gasteiger partial charge in [-0.2, -0.15) is 0 Å². The number of hydrogen-bond acceptors (Lipinski definition) is 5. The van der Waals surface area contributed by atoms with E-state index in [4.69, 9.17) is 9.63 Å². The van der Waals surface area contributed by atoms with Gasteiger partial charge in [-0.1, -0.05) is 5.16 Å². The number of aryl methyl sites for hydroxylation is 1. The van der Waals surface area contributed by atoms with Gasteiger partial charge in [0.2, 0.25) is 0 Å². The van der Waals surface area contributed by atoms with Crippen LogP contribution in [0.2, 0.25) is 0 Å². The minimum Gasteiger partial charge on any atom is -0.394 e. The number of halogens is 1. The zero-order valence-electron chi connectivity index (χ0n) is 13.2. The number of rotatable bonds is 4. The molecule has 24 heavy (non-hydrogen) atoms. The molecule has 1 aromatic carbocycles.